The predicted molar refractivity (Wildman–Crippen MR) is 85.6 cm³/mol. The molecule has 0 radical (unpaired) electrons. The van der Waals surface area contributed by atoms with Crippen LogP contribution in [0.25, 0.3) is 0 Å². The summed E-state index contributed by atoms with van der Waals surface area (Å²) in [5, 5.41) is 0.857. The van der Waals surface area contributed by atoms with Crippen molar-refractivity contribution in [3.05, 3.63) is 28.8 Å². The lowest BCUT2D eigenvalue weighted by Gasteiger charge is -2.28. The van der Waals surface area contributed by atoms with Gasteiger partial charge in [0.1, 0.15) is 0 Å². The molecule has 1 aromatic carbocycles. The molecule has 20 heavy (non-hydrogen) atoms. The van der Waals surface area contributed by atoms with Crippen LogP contribution in [-0.4, -0.2) is 43.7 Å². The Morgan fingerprint density at radius 1 is 1.25 bits per heavy atom. The van der Waals surface area contributed by atoms with Crippen LogP contribution in [0.15, 0.2) is 18.2 Å². The molecule has 3 rings (SSSR count). The van der Waals surface area contributed by atoms with Gasteiger partial charge >= 0.3 is 0 Å². The topological polar surface area (TPSA) is 32.5 Å². The third-order valence-electron chi connectivity index (χ3n) is 4.96. The van der Waals surface area contributed by atoms with E-state index in [1.165, 1.54) is 24.9 Å². The van der Waals surface area contributed by atoms with Crippen molar-refractivity contribution in [2.24, 2.45) is 5.73 Å². The highest BCUT2D eigenvalue weighted by Gasteiger charge is 2.34. The summed E-state index contributed by atoms with van der Waals surface area (Å²) in [6.45, 7) is 2.91. The quantitative estimate of drug-likeness (QED) is 0.929. The molecule has 0 aliphatic carbocycles. The molecule has 1 aromatic rings. The molecular formula is C16H24ClN3. The smallest absolute Gasteiger partial charge is 0.0459 e. The van der Waals surface area contributed by atoms with Crippen LogP contribution in [-0.2, 0) is 6.42 Å². The summed E-state index contributed by atoms with van der Waals surface area (Å²) in [4.78, 5) is 5.07. The first-order chi connectivity index (χ1) is 9.69. The van der Waals surface area contributed by atoms with Crippen LogP contribution in [0.4, 0.5) is 5.69 Å². The van der Waals surface area contributed by atoms with Crippen molar-refractivity contribution in [1.82, 2.24) is 4.90 Å². The molecule has 3 nitrogen and oxygen atoms in total. The van der Waals surface area contributed by atoms with Gasteiger partial charge < -0.3 is 10.6 Å². The molecule has 2 atom stereocenters. The van der Waals surface area contributed by atoms with Gasteiger partial charge in [-0.25, -0.2) is 0 Å². The Kier molecular flexibility index (Phi) is 4.20. The van der Waals surface area contributed by atoms with Gasteiger partial charge in [0, 0.05) is 35.9 Å². The van der Waals surface area contributed by atoms with Crippen LogP contribution >= 0.6 is 11.6 Å². The largest absolute Gasteiger partial charge is 0.370 e. The van der Waals surface area contributed by atoms with Gasteiger partial charge in [0.15, 0.2) is 0 Å². The fourth-order valence-corrected chi connectivity index (χ4v) is 3.90. The summed E-state index contributed by atoms with van der Waals surface area (Å²) in [6, 6.07) is 7.93. The van der Waals surface area contributed by atoms with E-state index in [4.69, 9.17) is 17.3 Å². The van der Waals surface area contributed by atoms with E-state index in [2.05, 4.69) is 35.0 Å². The summed E-state index contributed by atoms with van der Waals surface area (Å²) in [5.74, 6) is 0. The Bertz CT molecular complexity index is 477. The fraction of sp³-hybridized carbons (Fsp3) is 0.625. The van der Waals surface area contributed by atoms with Crippen molar-refractivity contribution in [2.45, 2.75) is 37.8 Å². The first-order valence-corrected chi connectivity index (χ1v) is 8.02. The second-order valence-electron chi connectivity index (χ2n) is 6.10. The number of fused-ring (bicyclic) bond motifs is 2. The Morgan fingerprint density at radius 3 is 2.80 bits per heavy atom. The third-order valence-corrected chi connectivity index (χ3v) is 5.32. The minimum absolute atomic E-state index is 0.650. The normalized spacial score (nSPS) is 26.9. The number of benzene rings is 1. The van der Waals surface area contributed by atoms with Gasteiger partial charge in [-0.3, -0.25) is 4.90 Å². The highest BCUT2D eigenvalue weighted by molar-refractivity contribution is 6.31. The average Bonchev–Trinajstić information content (AvgIpc) is 2.66. The number of anilines is 1. The molecule has 2 aliphatic rings. The highest BCUT2D eigenvalue weighted by Crippen LogP contribution is 2.32. The van der Waals surface area contributed by atoms with Crippen molar-refractivity contribution >= 4 is 17.3 Å². The molecule has 110 valence electrons. The Morgan fingerprint density at radius 2 is 2.05 bits per heavy atom. The second-order valence-corrected chi connectivity index (χ2v) is 6.51. The maximum Gasteiger partial charge on any atom is 0.0459 e. The van der Waals surface area contributed by atoms with Crippen LogP contribution < -0.4 is 10.6 Å². The van der Waals surface area contributed by atoms with Gasteiger partial charge in [-0.15, -0.1) is 0 Å². The molecule has 0 saturated carbocycles. The Hall–Kier alpha value is -0.770. The highest BCUT2D eigenvalue weighted by atomic mass is 35.5. The van der Waals surface area contributed by atoms with Crippen molar-refractivity contribution in [3.63, 3.8) is 0 Å². The molecule has 2 unspecified atom stereocenters. The van der Waals surface area contributed by atoms with E-state index in [1.807, 2.05) is 0 Å². The summed E-state index contributed by atoms with van der Waals surface area (Å²) in [7, 11) is 2.28. The average molecular weight is 294 g/mol. The molecule has 2 heterocycles. The second kappa shape index (κ2) is 5.92. The number of halogens is 1. The number of likely N-dealkylation sites (N-methyl/N-ethyl adjacent to an activating group) is 1. The van der Waals surface area contributed by atoms with Gasteiger partial charge in [0.25, 0.3) is 0 Å². The van der Waals surface area contributed by atoms with Crippen LogP contribution in [0.2, 0.25) is 5.02 Å². The maximum atomic E-state index is 6.38. The SMILES string of the molecule is CN1C2CCC1CN(c1ccc(CCN)c(Cl)c1)CC2. The Balaban J connectivity index is 1.77. The van der Waals surface area contributed by atoms with E-state index in [0.29, 0.717) is 12.6 Å². The number of nitrogens with two attached hydrogens (primary N) is 1. The predicted octanol–water partition coefficient (Wildman–Crippen LogP) is 2.51. The molecule has 2 bridgehead atoms. The molecule has 4 heteroatoms. The van der Waals surface area contributed by atoms with Crippen LogP contribution in [0.1, 0.15) is 24.8 Å². The van der Waals surface area contributed by atoms with Gasteiger partial charge in [0.05, 0.1) is 0 Å². The minimum atomic E-state index is 0.650. The molecule has 2 N–H and O–H groups in total. The van der Waals surface area contributed by atoms with Gasteiger partial charge in [-0.05, 0) is 57.0 Å². The number of rotatable bonds is 3. The van der Waals surface area contributed by atoms with E-state index < -0.39 is 0 Å². The lowest BCUT2D eigenvalue weighted by Crippen LogP contribution is -2.36. The van der Waals surface area contributed by atoms with Crippen LogP contribution in [0, 0.1) is 0 Å². The van der Waals surface area contributed by atoms with Crippen molar-refractivity contribution in [1.29, 1.82) is 0 Å². The number of hydrogen-bond acceptors (Lipinski definition) is 3. The first kappa shape index (κ1) is 14.2. The number of hydrogen-bond donors (Lipinski definition) is 1. The molecule has 0 aromatic heterocycles. The van der Waals surface area contributed by atoms with E-state index in [9.17, 15) is 0 Å². The third kappa shape index (κ3) is 2.67. The molecule has 2 saturated heterocycles. The van der Waals surface area contributed by atoms with Gasteiger partial charge in [-0.1, -0.05) is 17.7 Å². The zero-order valence-electron chi connectivity index (χ0n) is 12.2. The van der Waals surface area contributed by atoms with Crippen LogP contribution in [0.3, 0.4) is 0 Å². The minimum Gasteiger partial charge on any atom is -0.370 e. The van der Waals surface area contributed by atoms with Crippen molar-refractivity contribution in [3.8, 4) is 0 Å². The monoisotopic (exact) mass is 293 g/mol. The number of nitrogens with zero attached hydrogens (tertiary/aromatic N) is 2. The fourth-order valence-electron chi connectivity index (χ4n) is 3.63. The summed E-state index contributed by atoms with van der Waals surface area (Å²) < 4.78 is 0. The standard InChI is InChI=1S/C16H24ClN3/c1-19-13-4-5-15(19)11-20(9-7-13)14-3-2-12(6-8-18)16(17)10-14/h2-3,10,13,15H,4-9,11,18H2,1H3. The van der Waals surface area contributed by atoms with E-state index in [0.717, 1.165) is 36.1 Å². The maximum absolute atomic E-state index is 6.38. The summed E-state index contributed by atoms with van der Waals surface area (Å²) in [6.07, 6.45) is 4.81. The van der Waals surface area contributed by atoms with E-state index >= 15 is 0 Å². The summed E-state index contributed by atoms with van der Waals surface area (Å²) >= 11 is 6.38. The molecule has 2 aliphatic heterocycles. The Labute approximate surface area is 126 Å². The lowest BCUT2D eigenvalue weighted by atomic mass is 10.1. The molecule has 2 fully saturated rings. The van der Waals surface area contributed by atoms with Crippen LogP contribution in [0.5, 0.6) is 0 Å². The van der Waals surface area contributed by atoms with E-state index in [-0.39, 0.29) is 0 Å². The zero-order valence-corrected chi connectivity index (χ0v) is 12.9. The molecular weight excluding hydrogens is 270 g/mol. The van der Waals surface area contributed by atoms with Gasteiger partial charge in [-0.2, -0.15) is 0 Å². The summed E-state index contributed by atoms with van der Waals surface area (Å²) in [5.41, 5.74) is 8.03. The lowest BCUT2D eigenvalue weighted by molar-refractivity contribution is 0.254. The molecule has 0 spiro atoms. The van der Waals surface area contributed by atoms with Crippen molar-refractivity contribution < 1.29 is 0 Å². The van der Waals surface area contributed by atoms with Crippen molar-refractivity contribution in [2.75, 3.05) is 31.6 Å². The first-order valence-electron chi connectivity index (χ1n) is 7.64. The molecule has 0 amide bonds. The van der Waals surface area contributed by atoms with Gasteiger partial charge in [0.2, 0.25) is 0 Å². The zero-order chi connectivity index (χ0) is 14.1. The van der Waals surface area contributed by atoms with E-state index in [1.54, 1.807) is 0 Å².